The first-order valence-electron chi connectivity index (χ1n) is 4.40. The molecule has 4 nitrogen and oxygen atoms in total. The van der Waals surface area contributed by atoms with Crippen LogP contribution in [0.2, 0.25) is 0 Å². The van der Waals surface area contributed by atoms with Crippen LogP contribution in [0.3, 0.4) is 0 Å². The zero-order valence-electron chi connectivity index (χ0n) is 7.54. The molecular weight excluding hydrogens is 197 g/mol. The van der Waals surface area contributed by atoms with Crippen LogP contribution in [-0.4, -0.2) is 15.2 Å². The Bertz CT molecular complexity index is 713. The fourth-order valence-electron chi connectivity index (χ4n) is 1.71. The van der Waals surface area contributed by atoms with Gasteiger partial charge in [-0.25, -0.2) is 9.49 Å². The van der Waals surface area contributed by atoms with Crippen LogP contribution in [0.5, 0.6) is 0 Å². The Labute approximate surface area is 82.7 Å². The summed E-state index contributed by atoms with van der Waals surface area (Å²) in [5.41, 5.74) is 0.847. The van der Waals surface area contributed by atoms with Crippen LogP contribution in [0.1, 0.15) is 0 Å². The molecule has 0 bridgehead atoms. The molecule has 0 fully saturated rings. The number of aromatic amines is 2. The number of nitrogens with zero attached hydrogens (tertiary/aromatic N) is 1. The topological polar surface area (TPSA) is 61.5 Å². The standard InChI is InChI=1S/C10H6FN3O/c11-5-1-2-8-6(3-5)7-4-12-14-10(15)9(7)13-8/h1-4,13H,(H,14,15). The maximum absolute atomic E-state index is 13.0. The third kappa shape index (κ3) is 1.06. The highest BCUT2D eigenvalue weighted by molar-refractivity contribution is 6.06. The predicted octanol–water partition coefficient (Wildman–Crippen LogP) is 1.54. The molecule has 0 atom stereocenters. The number of aromatic nitrogens is 3. The zero-order chi connectivity index (χ0) is 10.4. The lowest BCUT2D eigenvalue weighted by molar-refractivity contribution is 0.630. The molecule has 0 unspecified atom stereocenters. The monoisotopic (exact) mass is 203 g/mol. The number of hydrogen-bond acceptors (Lipinski definition) is 2. The predicted molar refractivity (Wildman–Crippen MR) is 54.2 cm³/mol. The van der Waals surface area contributed by atoms with Crippen LogP contribution in [0, 0.1) is 5.82 Å². The smallest absolute Gasteiger partial charge is 0.288 e. The first-order valence-corrected chi connectivity index (χ1v) is 4.40. The van der Waals surface area contributed by atoms with Gasteiger partial charge in [0.2, 0.25) is 0 Å². The van der Waals surface area contributed by atoms with Gasteiger partial charge in [-0.2, -0.15) is 5.10 Å². The van der Waals surface area contributed by atoms with E-state index in [1.165, 1.54) is 18.3 Å². The van der Waals surface area contributed by atoms with E-state index in [1.807, 2.05) is 0 Å². The average Bonchev–Trinajstić information content (AvgIpc) is 2.58. The molecule has 3 rings (SSSR count). The molecule has 0 saturated carbocycles. The summed E-state index contributed by atoms with van der Waals surface area (Å²) in [6.45, 7) is 0. The van der Waals surface area contributed by atoms with Gasteiger partial charge in [0, 0.05) is 16.3 Å². The van der Waals surface area contributed by atoms with Crippen molar-refractivity contribution in [3.05, 3.63) is 40.6 Å². The minimum Gasteiger partial charge on any atom is -0.350 e. The van der Waals surface area contributed by atoms with E-state index in [-0.39, 0.29) is 11.4 Å². The lowest BCUT2D eigenvalue weighted by Gasteiger charge is -1.89. The van der Waals surface area contributed by atoms with Gasteiger partial charge in [-0.1, -0.05) is 0 Å². The summed E-state index contributed by atoms with van der Waals surface area (Å²) in [5, 5.41) is 7.31. The van der Waals surface area contributed by atoms with Crippen molar-refractivity contribution in [1.29, 1.82) is 0 Å². The summed E-state index contributed by atoms with van der Waals surface area (Å²) >= 11 is 0. The minimum absolute atomic E-state index is 0.302. The van der Waals surface area contributed by atoms with E-state index < -0.39 is 0 Å². The molecule has 0 amide bonds. The van der Waals surface area contributed by atoms with Crippen LogP contribution < -0.4 is 5.56 Å². The lowest BCUT2D eigenvalue weighted by atomic mass is 10.2. The van der Waals surface area contributed by atoms with Gasteiger partial charge in [-0.15, -0.1) is 0 Å². The summed E-state index contributed by atoms with van der Waals surface area (Å²) in [6.07, 6.45) is 1.51. The maximum Gasteiger partial charge on any atom is 0.288 e. The number of rotatable bonds is 0. The van der Waals surface area contributed by atoms with E-state index in [0.29, 0.717) is 16.3 Å². The molecule has 15 heavy (non-hydrogen) atoms. The maximum atomic E-state index is 13.0. The highest BCUT2D eigenvalue weighted by Crippen LogP contribution is 2.22. The third-order valence-corrected chi connectivity index (χ3v) is 2.39. The van der Waals surface area contributed by atoms with Crippen molar-refractivity contribution < 1.29 is 4.39 Å². The number of H-pyrrole nitrogens is 2. The van der Waals surface area contributed by atoms with E-state index >= 15 is 0 Å². The van der Waals surface area contributed by atoms with E-state index in [1.54, 1.807) is 6.07 Å². The Morgan fingerprint density at radius 1 is 1.27 bits per heavy atom. The van der Waals surface area contributed by atoms with Crippen molar-refractivity contribution in [2.45, 2.75) is 0 Å². The minimum atomic E-state index is -0.330. The van der Waals surface area contributed by atoms with Crippen LogP contribution in [-0.2, 0) is 0 Å². The second kappa shape index (κ2) is 2.66. The van der Waals surface area contributed by atoms with Crippen molar-refractivity contribution in [3.63, 3.8) is 0 Å². The summed E-state index contributed by atoms with van der Waals surface area (Å²) in [7, 11) is 0. The van der Waals surface area contributed by atoms with Crippen molar-refractivity contribution in [3.8, 4) is 0 Å². The Morgan fingerprint density at radius 3 is 3.00 bits per heavy atom. The SMILES string of the molecule is O=c1[nH]ncc2c1[nH]c1ccc(F)cc12. The summed E-state index contributed by atoms with van der Waals surface area (Å²) in [4.78, 5) is 14.3. The molecular formula is C10H6FN3O. The normalized spacial score (nSPS) is 11.3. The van der Waals surface area contributed by atoms with E-state index in [0.717, 1.165) is 5.52 Å². The number of nitrogens with one attached hydrogen (secondary N) is 2. The van der Waals surface area contributed by atoms with Gasteiger partial charge in [-0.05, 0) is 18.2 Å². The van der Waals surface area contributed by atoms with Crippen molar-refractivity contribution in [1.82, 2.24) is 15.2 Å². The highest BCUT2D eigenvalue weighted by Gasteiger charge is 2.07. The Balaban J connectivity index is 2.64. The Morgan fingerprint density at radius 2 is 2.13 bits per heavy atom. The molecule has 2 aromatic heterocycles. The van der Waals surface area contributed by atoms with Crippen molar-refractivity contribution in [2.24, 2.45) is 0 Å². The van der Waals surface area contributed by atoms with Gasteiger partial charge in [0.25, 0.3) is 5.56 Å². The molecule has 0 radical (unpaired) electrons. The quantitative estimate of drug-likeness (QED) is 0.582. The van der Waals surface area contributed by atoms with Crippen LogP contribution >= 0.6 is 0 Å². The van der Waals surface area contributed by atoms with E-state index in [9.17, 15) is 9.18 Å². The van der Waals surface area contributed by atoms with Gasteiger partial charge >= 0.3 is 0 Å². The molecule has 0 aliphatic rings. The highest BCUT2D eigenvalue weighted by atomic mass is 19.1. The average molecular weight is 203 g/mol. The molecule has 3 aromatic rings. The molecule has 2 heterocycles. The van der Waals surface area contributed by atoms with E-state index in [2.05, 4.69) is 15.2 Å². The molecule has 0 saturated heterocycles. The molecule has 74 valence electrons. The number of halogens is 1. The van der Waals surface area contributed by atoms with Crippen LogP contribution in [0.15, 0.2) is 29.2 Å². The molecule has 0 spiro atoms. The number of fused-ring (bicyclic) bond motifs is 3. The van der Waals surface area contributed by atoms with Crippen molar-refractivity contribution in [2.75, 3.05) is 0 Å². The summed E-state index contributed by atoms with van der Waals surface area (Å²) in [5.74, 6) is -0.330. The fourth-order valence-corrected chi connectivity index (χ4v) is 1.71. The van der Waals surface area contributed by atoms with Gasteiger partial charge in [-0.3, -0.25) is 4.79 Å². The van der Waals surface area contributed by atoms with Gasteiger partial charge in [0.05, 0.1) is 6.20 Å². The first-order chi connectivity index (χ1) is 7.25. The fraction of sp³-hybridized carbons (Fsp3) is 0. The largest absolute Gasteiger partial charge is 0.350 e. The number of benzene rings is 1. The van der Waals surface area contributed by atoms with Gasteiger partial charge < -0.3 is 4.98 Å². The number of hydrogen-bond donors (Lipinski definition) is 2. The molecule has 2 N–H and O–H groups in total. The summed E-state index contributed by atoms with van der Waals surface area (Å²) in [6, 6.07) is 4.33. The van der Waals surface area contributed by atoms with Crippen LogP contribution in [0.25, 0.3) is 21.8 Å². The zero-order valence-corrected chi connectivity index (χ0v) is 7.54. The summed E-state index contributed by atoms with van der Waals surface area (Å²) < 4.78 is 13.0. The molecule has 0 aliphatic carbocycles. The Hall–Kier alpha value is -2.17. The third-order valence-electron chi connectivity index (χ3n) is 2.39. The van der Waals surface area contributed by atoms with Crippen molar-refractivity contribution >= 4 is 21.8 Å². The van der Waals surface area contributed by atoms with Crippen LogP contribution in [0.4, 0.5) is 4.39 Å². The molecule has 1 aromatic carbocycles. The first kappa shape index (κ1) is 8.16. The van der Waals surface area contributed by atoms with Gasteiger partial charge in [0.1, 0.15) is 11.3 Å². The Kier molecular flexibility index (Phi) is 1.45. The second-order valence-electron chi connectivity index (χ2n) is 3.30. The van der Waals surface area contributed by atoms with Gasteiger partial charge in [0.15, 0.2) is 0 Å². The lowest BCUT2D eigenvalue weighted by Crippen LogP contribution is -2.06. The molecule has 0 aliphatic heterocycles. The van der Waals surface area contributed by atoms with E-state index in [4.69, 9.17) is 0 Å². The second-order valence-corrected chi connectivity index (χ2v) is 3.30. The molecule has 5 heteroatoms.